The molecule has 0 unspecified atom stereocenters. The van der Waals surface area contributed by atoms with Crippen molar-refractivity contribution in [3.05, 3.63) is 23.8 Å². The van der Waals surface area contributed by atoms with E-state index in [0.717, 1.165) is 38.0 Å². The van der Waals surface area contributed by atoms with Crippen LogP contribution in [-0.4, -0.2) is 67.5 Å². The van der Waals surface area contributed by atoms with E-state index in [4.69, 9.17) is 14.7 Å². The van der Waals surface area contributed by atoms with Gasteiger partial charge in [0.05, 0.1) is 13.2 Å². The lowest BCUT2D eigenvalue weighted by molar-refractivity contribution is 0.0667. The summed E-state index contributed by atoms with van der Waals surface area (Å²) in [5.74, 6) is 1.53. The van der Waals surface area contributed by atoms with Crippen LogP contribution < -0.4 is 9.47 Å². The third-order valence-corrected chi connectivity index (χ3v) is 5.22. The van der Waals surface area contributed by atoms with Gasteiger partial charge in [0, 0.05) is 25.0 Å². The normalized spacial score (nSPS) is 17.1. The molecule has 1 fully saturated rings. The van der Waals surface area contributed by atoms with Gasteiger partial charge in [-0.05, 0) is 64.5 Å². The number of nitriles is 1. The Morgan fingerprint density at radius 2 is 2.00 bits per heavy atom. The standard InChI is InChI=1S/C21H33N3O3/c1-16(2)23(3)14-19(25)15-27-21-11-18(5-6-20(21)26-4)13-24-9-7-17(12-22)8-10-24/h5-6,11,16-17,19,25H,7-10,13-15H2,1-4H3/t19-/m0/s1. The van der Waals surface area contributed by atoms with Crippen molar-refractivity contribution in [1.29, 1.82) is 5.26 Å². The van der Waals surface area contributed by atoms with Crippen molar-refractivity contribution < 1.29 is 14.6 Å². The highest BCUT2D eigenvalue weighted by atomic mass is 16.5. The predicted octanol–water partition coefficient (Wildman–Crippen LogP) is 2.51. The number of likely N-dealkylation sites (tertiary alicyclic amines) is 1. The molecule has 1 aliphatic heterocycles. The summed E-state index contributed by atoms with van der Waals surface area (Å²) < 4.78 is 11.3. The molecule has 0 amide bonds. The zero-order valence-corrected chi connectivity index (χ0v) is 17.0. The molecule has 2 rings (SSSR count). The van der Waals surface area contributed by atoms with Gasteiger partial charge in [-0.1, -0.05) is 6.07 Å². The van der Waals surface area contributed by atoms with Gasteiger partial charge < -0.3 is 19.5 Å². The van der Waals surface area contributed by atoms with E-state index in [0.29, 0.717) is 24.1 Å². The first-order chi connectivity index (χ1) is 12.9. The summed E-state index contributed by atoms with van der Waals surface area (Å²) in [6, 6.07) is 8.70. The quantitative estimate of drug-likeness (QED) is 0.715. The average molecular weight is 376 g/mol. The predicted molar refractivity (Wildman–Crippen MR) is 106 cm³/mol. The van der Waals surface area contributed by atoms with Crippen LogP contribution >= 0.6 is 0 Å². The molecule has 27 heavy (non-hydrogen) atoms. The molecule has 0 saturated carbocycles. The van der Waals surface area contributed by atoms with Gasteiger partial charge in [0.1, 0.15) is 12.7 Å². The molecular weight excluding hydrogens is 342 g/mol. The van der Waals surface area contributed by atoms with Crippen LogP contribution in [0.5, 0.6) is 11.5 Å². The fourth-order valence-corrected chi connectivity index (χ4v) is 3.19. The average Bonchev–Trinajstić information content (AvgIpc) is 2.67. The Morgan fingerprint density at radius 3 is 2.59 bits per heavy atom. The lowest BCUT2D eigenvalue weighted by atomic mass is 9.98. The third kappa shape index (κ3) is 6.69. The van der Waals surface area contributed by atoms with E-state index in [1.165, 1.54) is 0 Å². The number of hydrogen-bond donors (Lipinski definition) is 1. The number of benzene rings is 1. The summed E-state index contributed by atoms with van der Waals surface area (Å²) >= 11 is 0. The van der Waals surface area contributed by atoms with E-state index in [1.807, 2.05) is 25.2 Å². The maximum Gasteiger partial charge on any atom is 0.161 e. The number of rotatable bonds is 9. The molecule has 1 heterocycles. The molecule has 0 aliphatic carbocycles. The van der Waals surface area contributed by atoms with Gasteiger partial charge in [-0.2, -0.15) is 5.26 Å². The van der Waals surface area contributed by atoms with Crippen molar-refractivity contribution in [3.8, 4) is 17.6 Å². The maximum atomic E-state index is 10.2. The molecule has 6 heteroatoms. The molecule has 0 radical (unpaired) electrons. The second-order valence-corrected chi connectivity index (χ2v) is 7.66. The molecule has 0 aromatic heterocycles. The minimum atomic E-state index is -0.559. The van der Waals surface area contributed by atoms with Gasteiger partial charge in [0.15, 0.2) is 11.5 Å². The maximum absolute atomic E-state index is 10.2. The first-order valence-corrected chi connectivity index (χ1v) is 9.73. The molecule has 1 aromatic rings. The summed E-state index contributed by atoms with van der Waals surface area (Å²) in [6.45, 7) is 7.70. The largest absolute Gasteiger partial charge is 0.493 e. The van der Waals surface area contributed by atoms with Crippen molar-refractivity contribution in [2.45, 2.75) is 45.4 Å². The Morgan fingerprint density at radius 1 is 1.30 bits per heavy atom. The zero-order valence-electron chi connectivity index (χ0n) is 17.0. The smallest absolute Gasteiger partial charge is 0.161 e. The Labute approximate surface area is 163 Å². The molecule has 1 atom stereocenters. The van der Waals surface area contributed by atoms with Crippen molar-refractivity contribution in [2.24, 2.45) is 5.92 Å². The van der Waals surface area contributed by atoms with Gasteiger partial charge >= 0.3 is 0 Å². The van der Waals surface area contributed by atoms with Gasteiger partial charge in [0.25, 0.3) is 0 Å². The Hall–Kier alpha value is -1.81. The fourth-order valence-electron chi connectivity index (χ4n) is 3.19. The van der Waals surface area contributed by atoms with Gasteiger partial charge in [-0.15, -0.1) is 0 Å². The van der Waals surface area contributed by atoms with Gasteiger partial charge in [-0.3, -0.25) is 4.90 Å². The SMILES string of the molecule is COc1ccc(CN2CCC(C#N)CC2)cc1OC[C@@H](O)CN(C)C(C)C. The van der Waals surface area contributed by atoms with Gasteiger partial charge in [-0.25, -0.2) is 0 Å². The van der Waals surface area contributed by atoms with E-state index < -0.39 is 6.10 Å². The van der Waals surface area contributed by atoms with E-state index in [-0.39, 0.29) is 12.5 Å². The zero-order chi connectivity index (χ0) is 19.8. The monoisotopic (exact) mass is 375 g/mol. The van der Waals surface area contributed by atoms with E-state index in [2.05, 4.69) is 29.7 Å². The summed E-state index contributed by atoms with van der Waals surface area (Å²) in [6.07, 6.45) is 1.31. The van der Waals surface area contributed by atoms with Crippen molar-refractivity contribution in [3.63, 3.8) is 0 Å². The number of likely N-dealkylation sites (N-methyl/N-ethyl adjacent to an activating group) is 1. The fraction of sp³-hybridized carbons (Fsp3) is 0.667. The molecule has 1 saturated heterocycles. The summed E-state index contributed by atoms with van der Waals surface area (Å²) in [4.78, 5) is 4.46. The topological polar surface area (TPSA) is 69.0 Å². The summed E-state index contributed by atoms with van der Waals surface area (Å²) in [7, 11) is 3.61. The van der Waals surface area contributed by atoms with Crippen LogP contribution in [0, 0.1) is 17.2 Å². The van der Waals surface area contributed by atoms with E-state index >= 15 is 0 Å². The molecule has 1 N–H and O–H groups in total. The minimum absolute atomic E-state index is 0.196. The summed E-state index contributed by atoms with van der Waals surface area (Å²) in [5, 5.41) is 19.3. The second kappa shape index (κ2) is 10.5. The van der Waals surface area contributed by atoms with Crippen LogP contribution in [0.25, 0.3) is 0 Å². The van der Waals surface area contributed by atoms with Crippen LogP contribution in [0.4, 0.5) is 0 Å². The van der Waals surface area contributed by atoms with Crippen LogP contribution in [0.15, 0.2) is 18.2 Å². The number of aliphatic hydroxyl groups excluding tert-OH is 1. The Balaban J connectivity index is 1.93. The van der Waals surface area contributed by atoms with Gasteiger partial charge in [0.2, 0.25) is 0 Å². The lowest BCUT2D eigenvalue weighted by Crippen LogP contribution is -2.37. The van der Waals surface area contributed by atoms with E-state index in [9.17, 15) is 5.11 Å². The number of nitrogens with zero attached hydrogens (tertiary/aromatic N) is 3. The molecule has 1 aromatic carbocycles. The van der Waals surface area contributed by atoms with Crippen LogP contribution in [0.1, 0.15) is 32.3 Å². The number of hydrogen-bond acceptors (Lipinski definition) is 6. The summed E-state index contributed by atoms with van der Waals surface area (Å²) in [5.41, 5.74) is 1.15. The Kier molecular flexibility index (Phi) is 8.36. The number of methoxy groups -OCH3 is 1. The molecule has 0 spiro atoms. The first kappa shape index (κ1) is 21.5. The number of aliphatic hydroxyl groups is 1. The Bertz CT molecular complexity index is 622. The minimum Gasteiger partial charge on any atom is -0.493 e. The highest BCUT2D eigenvalue weighted by Crippen LogP contribution is 2.29. The van der Waals surface area contributed by atoms with Crippen LogP contribution in [0.2, 0.25) is 0 Å². The molecule has 0 bridgehead atoms. The highest BCUT2D eigenvalue weighted by molar-refractivity contribution is 5.43. The van der Waals surface area contributed by atoms with Crippen molar-refractivity contribution in [2.75, 3.05) is 40.4 Å². The highest BCUT2D eigenvalue weighted by Gasteiger charge is 2.19. The first-order valence-electron chi connectivity index (χ1n) is 9.73. The second-order valence-electron chi connectivity index (χ2n) is 7.66. The van der Waals surface area contributed by atoms with Crippen LogP contribution in [-0.2, 0) is 6.54 Å². The third-order valence-electron chi connectivity index (χ3n) is 5.22. The van der Waals surface area contributed by atoms with Crippen molar-refractivity contribution >= 4 is 0 Å². The lowest BCUT2D eigenvalue weighted by Gasteiger charge is -2.29. The molecular formula is C21H33N3O3. The molecule has 1 aliphatic rings. The number of piperidine rings is 1. The van der Waals surface area contributed by atoms with E-state index in [1.54, 1.807) is 7.11 Å². The van der Waals surface area contributed by atoms with Crippen molar-refractivity contribution in [1.82, 2.24) is 9.80 Å². The molecule has 6 nitrogen and oxygen atoms in total. The number of ether oxygens (including phenoxy) is 2. The molecule has 150 valence electrons. The van der Waals surface area contributed by atoms with Crippen LogP contribution in [0.3, 0.4) is 0 Å².